The number of nitrogens with zero attached hydrogens (tertiary/aromatic N) is 3. The van der Waals surface area contributed by atoms with Crippen molar-refractivity contribution >= 4 is 21.8 Å². The first-order chi connectivity index (χ1) is 12.7. The third-order valence-corrected chi connectivity index (χ3v) is 6.50. The minimum absolute atomic E-state index is 0.0670. The van der Waals surface area contributed by atoms with Crippen molar-refractivity contribution in [3.05, 3.63) is 41.6 Å². The second-order valence-electron chi connectivity index (χ2n) is 7.02. The van der Waals surface area contributed by atoms with Crippen LogP contribution in [0, 0.1) is 0 Å². The van der Waals surface area contributed by atoms with Crippen LogP contribution in [0.3, 0.4) is 0 Å². The van der Waals surface area contributed by atoms with Crippen molar-refractivity contribution in [3.63, 3.8) is 0 Å². The van der Waals surface area contributed by atoms with Gasteiger partial charge in [-0.05, 0) is 51.3 Å². The van der Waals surface area contributed by atoms with Crippen LogP contribution >= 0.6 is 0 Å². The van der Waals surface area contributed by atoms with E-state index in [1.54, 1.807) is 35.2 Å². The van der Waals surface area contributed by atoms with E-state index in [0.29, 0.717) is 11.3 Å². The molecule has 0 aromatic heterocycles. The number of carbonyl (C=O) groups excluding carboxylic acids is 1. The molecule has 0 bridgehead atoms. The summed E-state index contributed by atoms with van der Waals surface area (Å²) in [6, 6.07) is 7.10. The molecule has 7 nitrogen and oxygen atoms in total. The van der Waals surface area contributed by atoms with Gasteiger partial charge in [0.15, 0.2) is 0 Å². The second-order valence-corrected chi connectivity index (χ2v) is 8.65. The van der Waals surface area contributed by atoms with Gasteiger partial charge in [0.1, 0.15) is 11.4 Å². The predicted molar refractivity (Wildman–Crippen MR) is 104 cm³/mol. The van der Waals surface area contributed by atoms with Crippen molar-refractivity contribution < 1.29 is 17.9 Å². The number of allylic oxidation sites excluding steroid dienone is 1. The lowest BCUT2D eigenvalue weighted by atomic mass is 9.97. The fourth-order valence-electron chi connectivity index (χ4n) is 3.63. The number of ether oxygens (including phenoxy) is 1. The molecule has 1 amide bonds. The molecule has 0 spiro atoms. The largest absolute Gasteiger partial charge is 0.497 e. The van der Waals surface area contributed by atoms with Crippen LogP contribution in [0.15, 0.2) is 40.4 Å². The Kier molecular flexibility index (Phi) is 5.28. The summed E-state index contributed by atoms with van der Waals surface area (Å²) in [4.78, 5) is 15.0. The van der Waals surface area contributed by atoms with Crippen molar-refractivity contribution in [2.75, 3.05) is 14.2 Å². The molecule has 0 aliphatic carbocycles. The van der Waals surface area contributed by atoms with Gasteiger partial charge < -0.3 is 9.64 Å². The zero-order valence-corrected chi connectivity index (χ0v) is 16.9. The molecule has 146 valence electrons. The highest BCUT2D eigenvalue weighted by atomic mass is 32.2. The predicted octanol–water partition coefficient (Wildman–Crippen LogP) is 2.35. The lowest BCUT2D eigenvalue weighted by Crippen LogP contribution is -2.50. The Morgan fingerprint density at radius 3 is 2.52 bits per heavy atom. The minimum Gasteiger partial charge on any atom is -0.497 e. The molecule has 0 unspecified atom stereocenters. The van der Waals surface area contributed by atoms with Gasteiger partial charge >= 0.3 is 10.2 Å². The Morgan fingerprint density at radius 2 is 1.89 bits per heavy atom. The van der Waals surface area contributed by atoms with E-state index < -0.39 is 10.2 Å². The molecule has 1 aromatic carbocycles. The van der Waals surface area contributed by atoms with E-state index in [9.17, 15) is 13.2 Å². The molecule has 2 aliphatic rings. The molecule has 1 fully saturated rings. The van der Waals surface area contributed by atoms with Crippen molar-refractivity contribution in [2.24, 2.45) is 4.40 Å². The smallest absolute Gasteiger partial charge is 0.345 e. The highest BCUT2D eigenvalue weighted by molar-refractivity contribution is 7.88. The maximum atomic E-state index is 13.2. The SMILES string of the molecule is COc1cccc(C2=NS(=O)(=O)N(C)C(C(=O)N3[C@@H](C)CCC[C@@H]3C)=C2)c1. The maximum Gasteiger partial charge on any atom is 0.345 e. The van der Waals surface area contributed by atoms with E-state index >= 15 is 0 Å². The number of rotatable bonds is 3. The molecule has 1 saturated heterocycles. The highest BCUT2D eigenvalue weighted by Gasteiger charge is 2.36. The first kappa shape index (κ1) is 19.4. The molecule has 0 N–H and O–H groups in total. The molecular weight excluding hydrogens is 366 g/mol. The first-order valence-corrected chi connectivity index (χ1v) is 10.4. The third-order valence-electron chi connectivity index (χ3n) is 5.19. The fraction of sp³-hybridized carbons (Fsp3) is 0.474. The Balaban J connectivity index is 2.04. The summed E-state index contributed by atoms with van der Waals surface area (Å²) in [5.41, 5.74) is 0.923. The Morgan fingerprint density at radius 1 is 1.22 bits per heavy atom. The molecule has 0 radical (unpaired) electrons. The van der Waals surface area contributed by atoms with E-state index in [1.165, 1.54) is 14.2 Å². The third kappa shape index (κ3) is 3.71. The van der Waals surface area contributed by atoms with Crippen LogP contribution in [0.2, 0.25) is 0 Å². The number of methoxy groups -OCH3 is 1. The molecule has 2 heterocycles. The number of likely N-dealkylation sites (tertiary alicyclic amines) is 1. The zero-order valence-electron chi connectivity index (χ0n) is 16.0. The molecule has 2 atom stereocenters. The average molecular weight is 391 g/mol. The summed E-state index contributed by atoms with van der Waals surface area (Å²) in [6.45, 7) is 4.00. The first-order valence-electron chi connectivity index (χ1n) is 9.02. The lowest BCUT2D eigenvalue weighted by Gasteiger charge is -2.40. The van der Waals surface area contributed by atoms with E-state index in [1.807, 2.05) is 13.8 Å². The topological polar surface area (TPSA) is 79.3 Å². The summed E-state index contributed by atoms with van der Waals surface area (Å²) < 4.78 is 35.2. The van der Waals surface area contributed by atoms with Gasteiger partial charge in [0.05, 0.1) is 12.8 Å². The van der Waals surface area contributed by atoms with Crippen LogP contribution in [-0.2, 0) is 15.0 Å². The van der Waals surface area contributed by atoms with E-state index in [4.69, 9.17) is 4.74 Å². The standard InChI is InChI=1S/C19H25N3O4S/c1-13-7-5-8-14(2)22(13)19(23)18-12-17(20-27(24,25)21(18)3)15-9-6-10-16(11-15)26-4/h6,9-14H,5,7-8H2,1-4H3/t13-,14-/m0/s1. The second kappa shape index (κ2) is 7.34. The van der Waals surface area contributed by atoms with E-state index in [2.05, 4.69) is 4.40 Å². The van der Waals surface area contributed by atoms with Crippen molar-refractivity contribution in [2.45, 2.75) is 45.2 Å². The van der Waals surface area contributed by atoms with Gasteiger partial charge in [-0.2, -0.15) is 8.42 Å². The molecule has 1 aromatic rings. The molecule has 0 saturated carbocycles. The Hall–Kier alpha value is -2.35. The van der Waals surface area contributed by atoms with Crippen LogP contribution in [0.25, 0.3) is 0 Å². The van der Waals surface area contributed by atoms with Crippen LogP contribution in [0.1, 0.15) is 38.7 Å². The number of hydrogen-bond acceptors (Lipinski definition) is 4. The summed E-state index contributed by atoms with van der Waals surface area (Å²) in [5.74, 6) is 0.308. The van der Waals surface area contributed by atoms with Crippen LogP contribution in [0.5, 0.6) is 5.75 Å². The lowest BCUT2D eigenvalue weighted by molar-refractivity contribution is -0.134. The molecule has 3 rings (SSSR count). The van der Waals surface area contributed by atoms with Gasteiger partial charge in [-0.25, -0.2) is 4.31 Å². The summed E-state index contributed by atoms with van der Waals surface area (Å²) in [5, 5.41) is 0. The van der Waals surface area contributed by atoms with Crippen LogP contribution in [-0.4, -0.2) is 55.5 Å². The van der Waals surface area contributed by atoms with Gasteiger partial charge in [0.2, 0.25) is 0 Å². The Labute approximate surface area is 160 Å². The molecular formula is C19H25N3O4S. The number of piperidine rings is 1. The maximum absolute atomic E-state index is 13.2. The quantitative estimate of drug-likeness (QED) is 0.792. The van der Waals surface area contributed by atoms with Gasteiger partial charge in [-0.15, -0.1) is 4.40 Å². The number of amides is 1. The molecule has 2 aliphatic heterocycles. The number of carbonyl (C=O) groups is 1. The minimum atomic E-state index is -3.98. The van der Waals surface area contributed by atoms with Gasteiger partial charge in [-0.1, -0.05) is 12.1 Å². The highest BCUT2D eigenvalue weighted by Crippen LogP contribution is 2.28. The van der Waals surface area contributed by atoms with Crippen LogP contribution < -0.4 is 4.74 Å². The van der Waals surface area contributed by atoms with Gasteiger partial charge in [-0.3, -0.25) is 4.79 Å². The monoisotopic (exact) mass is 391 g/mol. The van der Waals surface area contributed by atoms with Crippen molar-refractivity contribution in [3.8, 4) is 5.75 Å². The van der Waals surface area contributed by atoms with Crippen molar-refractivity contribution in [1.29, 1.82) is 0 Å². The fourth-order valence-corrected chi connectivity index (χ4v) is 4.53. The molecule has 27 heavy (non-hydrogen) atoms. The normalized spacial score (nSPS) is 24.9. The zero-order chi connectivity index (χ0) is 19.8. The summed E-state index contributed by atoms with van der Waals surface area (Å²) in [6.07, 6.45) is 4.44. The molecule has 8 heteroatoms. The van der Waals surface area contributed by atoms with E-state index in [0.717, 1.165) is 23.6 Å². The van der Waals surface area contributed by atoms with Gasteiger partial charge in [0.25, 0.3) is 5.91 Å². The van der Waals surface area contributed by atoms with Crippen LogP contribution in [0.4, 0.5) is 0 Å². The van der Waals surface area contributed by atoms with Gasteiger partial charge in [0, 0.05) is 24.7 Å². The van der Waals surface area contributed by atoms with Crippen molar-refractivity contribution in [1.82, 2.24) is 9.21 Å². The summed E-state index contributed by atoms with van der Waals surface area (Å²) in [7, 11) is -1.08. The average Bonchev–Trinajstić information content (AvgIpc) is 2.63. The number of benzene rings is 1. The number of hydrogen-bond donors (Lipinski definition) is 0. The Bertz CT molecular complexity index is 897. The summed E-state index contributed by atoms with van der Waals surface area (Å²) >= 11 is 0. The van der Waals surface area contributed by atoms with E-state index in [-0.39, 0.29) is 29.4 Å². The number of likely N-dealkylation sites (N-methyl/N-ethyl adjacent to an activating group) is 1.